The van der Waals surface area contributed by atoms with E-state index in [1.807, 2.05) is 68.4 Å². The number of anilines is 2. The molecule has 0 aliphatic carbocycles. The highest BCUT2D eigenvalue weighted by molar-refractivity contribution is 7.67. The van der Waals surface area contributed by atoms with Crippen molar-refractivity contribution in [2.45, 2.75) is 20.3 Å². The Bertz CT molecular complexity index is 983. The summed E-state index contributed by atoms with van der Waals surface area (Å²) in [5.74, 6) is 1.42. The molecule has 3 rings (SSSR count). The second kappa shape index (κ2) is 9.68. The summed E-state index contributed by atoms with van der Waals surface area (Å²) in [6.45, 7) is 4.31. The van der Waals surface area contributed by atoms with Gasteiger partial charge in [0.25, 0.3) is 0 Å². The molecule has 29 heavy (non-hydrogen) atoms. The average Bonchev–Trinajstić information content (AvgIpc) is 2.75. The number of hydrogen-bond acceptors (Lipinski definition) is 6. The number of rotatable bonds is 9. The molecule has 0 amide bonds. The first kappa shape index (κ1) is 21.0. The molecule has 0 spiro atoms. The van der Waals surface area contributed by atoms with Crippen LogP contribution in [0, 0.1) is 0 Å². The molecule has 152 valence electrons. The fourth-order valence-electron chi connectivity index (χ4n) is 3.12. The lowest BCUT2D eigenvalue weighted by atomic mass is 10.1. The Labute approximate surface area is 171 Å². The van der Waals surface area contributed by atoms with E-state index in [1.165, 1.54) is 6.33 Å². The average molecular weight is 411 g/mol. The fourth-order valence-corrected chi connectivity index (χ4v) is 5.27. The topological polar surface area (TPSA) is 73.3 Å². The zero-order valence-electron chi connectivity index (χ0n) is 17.0. The maximum atomic E-state index is 13.1. The van der Waals surface area contributed by atoms with Gasteiger partial charge in [-0.1, -0.05) is 19.1 Å². The van der Waals surface area contributed by atoms with Gasteiger partial charge in [0.2, 0.25) is 7.37 Å². The third kappa shape index (κ3) is 5.03. The number of ether oxygens (including phenoxy) is 1. The van der Waals surface area contributed by atoms with Gasteiger partial charge in [0.05, 0.1) is 19.4 Å². The largest absolute Gasteiger partial charge is 0.496 e. The lowest BCUT2D eigenvalue weighted by Crippen LogP contribution is -2.10. The summed E-state index contributed by atoms with van der Waals surface area (Å²) < 4.78 is 24.1. The molecule has 1 N–H and O–H groups in total. The smallest absolute Gasteiger partial charge is 0.232 e. The molecular weight excluding hydrogens is 385 g/mol. The van der Waals surface area contributed by atoms with E-state index >= 15 is 0 Å². The molecule has 1 aromatic heterocycles. The third-order valence-electron chi connectivity index (χ3n) is 4.44. The van der Waals surface area contributed by atoms with Gasteiger partial charge in [-0.25, -0.2) is 9.97 Å². The highest BCUT2D eigenvalue weighted by atomic mass is 31.2. The van der Waals surface area contributed by atoms with Gasteiger partial charge in [-0.05, 0) is 49.7 Å². The Morgan fingerprint density at radius 2 is 1.79 bits per heavy atom. The van der Waals surface area contributed by atoms with Crippen LogP contribution in [0.4, 0.5) is 11.5 Å². The quantitative estimate of drug-likeness (QED) is 0.485. The highest BCUT2D eigenvalue weighted by Crippen LogP contribution is 2.46. The zero-order valence-corrected chi connectivity index (χ0v) is 17.9. The monoisotopic (exact) mass is 411 g/mol. The molecule has 2 aromatic carbocycles. The van der Waals surface area contributed by atoms with Crippen LogP contribution in [-0.2, 0) is 9.09 Å². The minimum Gasteiger partial charge on any atom is -0.496 e. The molecule has 0 aliphatic heterocycles. The Balaban J connectivity index is 1.81. The Morgan fingerprint density at radius 3 is 2.48 bits per heavy atom. The minimum absolute atomic E-state index is 0.434. The molecular formula is C22H26N3O3P. The fraction of sp³-hybridized carbons (Fsp3) is 0.273. The van der Waals surface area contributed by atoms with Gasteiger partial charge < -0.3 is 14.6 Å². The molecule has 1 unspecified atom stereocenters. The number of methoxy groups -OCH3 is 1. The number of nitrogens with one attached hydrogen (secondary N) is 1. The molecule has 1 atom stereocenters. The molecule has 0 bridgehead atoms. The Hall–Kier alpha value is -2.69. The first-order chi connectivity index (χ1) is 14.1. The van der Waals surface area contributed by atoms with Crippen molar-refractivity contribution in [2.24, 2.45) is 0 Å². The molecule has 3 aromatic rings. The van der Waals surface area contributed by atoms with Gasteiger partial charge in [0, 0.05) is 28.8 Å². The number of hydrogen-bond donors (Lipinski definition) is 1. The second-order valence-electron chi connectivity index (χ2n) is 6.48. The zero-order chi connectivity index (χ0) is 20.7. The summed E-state index contributed by atoms with van der Waals surface area (Å²) in [5, 5.41) is 4.01. The van der Waals surface area contributed by atoms with E-state index in [-0.39, 0.29) is 0 Å². The lowest BCUT2D eigenvalue weighted by molar-refractivity contribution is 0.340. The van der Waals surface area contributed by atoms with Crippen molar-refractivity contribution in [3.63, 3.8) is 0 Å². The van der Waals surface area contributed by atoms with Gasteiger partial charge in [0.1, 0.15) is 17.9 Å². The molecule has 0 radical (unpaired) electrons. The van der Waals surface area contributed by atoms with Crippen LogP contribution in [0.2, 0.25) is 0 Å². The summed E-state index contributed by atoms with van der Waals surface area (Å²) in [6.07, 6.45) is 2.87. The molecule has 6 nitrogen and oxygen atoms in total. The predicted octanol–water partition coefficient (Wildman–Crippen LogP) is 5.25. The van der Waals surface area contributed by atoms with Gasteiger partial charge in [-0.3, -0.25) is 4.57 Å². The van der Waals surface area contributed by atoms with E-state index < -0.39 is 7.37 Å². The molecule has 0 fully saturated rings. The van der Waals surface area contributed by atoms with Gasteiger partial charge >= 0.3 is 0 Å². The molecule has 1 heterocycles. The van der Waals surface area contributed by atoms with Gasteiger partial charge in [-0.15, -0.1) is 0 Å². The van der Waals surface area contributed by atoms with Gasteiger partial charge in [0.15, 0.2) is 0 Å². The lowest BCUT2D eigenvalue weighted by Gasteiger charge is -2.18. The van der Waals surface area contributed by atoms with Crippen LogP contribution in [0.5, 0.6) is 5.75 Å². The molecule has 0 saturated carbocycles. The molecule has 7 heteroatoms. The van der Waals surface area contributed by atoms with E-state index in [0.29, 0.717) is 18.6 Å². The van der Waals surface area contributed by atoms with Crippen LogP contribution in [0.15, 0.2) is 60.9 Å². The van der Waals surface area contributed by atoms with Crippen molar-refractivity contribution in [2.75, 3.05) is 25.2 Å². The number of benzene rings is 2. The van der Waals surface area contributed by atoms with Crippen molar-refractivity contribution in [3.8, 4) is 17.0 Å². The SMILES string of the molecule is CCCP(=O)(OCC)c1ccc(Nc2cc(-c3ccccc3OC)ncn2)cc1. The Kier molecular flexibility index (Phi) is 7.02. The maximum absolute atomic E-state index is 13.1. The molecule has 0 aliphatic rings. The maximum Gasteiger partial charge on any atom is 0.232 e. The minimum atomic E-state index is -2.80. The van der Waals surface area contributed by atoms with Crippen molar-refractivity contribution >= 4 is 24.2 Å². The number of aromatic nitrogens is 2. The van der Waals surface area contributed by atoms with Crippen molar-refractivity contribution in [1.82, 2.24) is 9.97 Å². The Morgan fingerprint density at radius 1 is 1.03 bits per heavy atom. The van der Waals surface area contributed by atoms with Crippen molar-refractivity contribution in [1.29, 1.82) is 0 Å². The summed E-state index contributed by atoms with van der Waals surface area (Å²) in [6, 6.07) is 17.1. The highest BCUT2D eigenvalue weighted by Gasteiger charge is 2.24. The van der Waals surface area contributed by atoms with Crippen LogP contribution >= 0.6 is 7.37 Å². The summed E-state index contributed by atoms with van der Waals surface area (Å²) in [4.78, 5) is 8.67. The van der Waals surface area contributed by atoms with Gasteiger partial charge in [-0.2, -0.15) is 0 Å². The van der Waals surface area contributed by atoms with Crippen molar-refractivity contribution < 1.29 is 13.8 Å². The van der Waals surface area contributed by atoms with E-state index in [9.17, 15) is 4.57 Å². The van der Waals surface area contributed by atoms with Crippen LogP contribution in [-0.4, -0.2) is 29.8 Å². The molecule has 0 saturated heterocycles. The third-order valence-corrected chi connectivity index (χ3v) is 7.23. The van der Waals surface area contributed by atoms with E-state index in [1.54, 1.807) is 7.11 Å². The summed E-state index contributed by atoms with van der Waals surface area (Å²) in [5.41, 5.74) is 2.51. The van der Waals surface area contributed by atoms with E-state index in [2.05, 4.69) is 15.3 Å². The number of para-hydroxylation sites is 1. The first-order valence-electron chi connectivity index (χ1n) is 9.66. The van der Waals surface area contributed by atoms with Crippen molar-refractivity contribution in [3.05, 3.63) is 60.9 Å². The van der Waals surface area contributed by atoms with Crippen LogP contribution < -0.4 is 15.4 Å². The summed E-state index contributed by atoms with van der Waals surface area (Å²) in [7, 11) is -1.16. The standard InChI is InChI=1S/C22H26N3O3P/c1-4-14-29(26,28-5-2)18-12-10-17(11-13-18)25-22-15-20(23-16-24-22)19-8-6-7-9-21(19)27-3/h6-13,15-16H,4-5,14H2,1-3H3,(H,23,24,25). The van der Waals surface area contributed by atoms with Crippen LogP contribution in [0.1, 0.15) is 20.3 Å². The predicted molar refractivity (Wildman–Crippen MR) is 118 cm³/mol. The van der Waals surface area contributed by atoms with Crippen LogP contribution in [0.25, 0.3) is 11.3 Å². The number of nitrogens with zero attached hydrogens (tertiary/aromatic N) is 2. The first-order valence-corrected chi connectivity index (χ1v) is 11.5. The van der Waals surface area contributed by atoms with E-state index in [4.69, 9.17) is 9.26 Å². The summed E-state index contributed by atoms with van der Waals surface area (Å²) >= 11 is 0. The van der Waals surface area contributed by atoms with E-state index in [0.717, 1.165) is 34.4 Å². The van der Waals surface area contributed by atoms with Crippen LogP contribution in [0.3, 0.4) is 0 Å². The second-order valence-corrected chi connectivity index (χ2v) is 9.04. The normalized spacial score (nSPS) is 12.9.